The molecule has 2 unspecified atom stereocenters. The molecule has 0 radical (unpaired) electrons. The summed E-state index contributed by atoms with van der Waals surface area (Å²) in [5.41, 5.74) is 12.8. The van der Waals surface area contributed by atoms with Crippen LogP contribution in [0.4, 0.5) is 5.69 Å². The summed E-state index contributed by atoms with van der Waals surface area (Å²) < 4.78 is 0.861. The largest absolute Gasteiger partial charge is 0.371 e. The first-order valence-corrected chi connectivity index (χ1v) is 7.36. The number of halogens is 1. The van der Waals surface area contributed by atoms with Crippen molar-refractivity contribution in [3.05, 3.63) is 28.2 Å². The number of nitrogens with two attached hydrogens (primary N) is 2. The lowest BCUT2D eigenvalue weighted by molar-refractivity contribution is 0.100. The van der Waals surface area contributed by atoms with E-state index in [2.05, 4.69) is 20.8 Å². The quantitative estimate of drug-likeness (QED) is 0.890. The molecule has 104 valence electrons. The molecule has 4 nitrogen and oxygen atoms in total. The highest BCUT2D eigenvalue weighted by atomic mass is 79.9. The van der Waals surface area contributed by atoms with Crippen LogP contribution in [0.5, 0.6) is 0 Å². The Labute approximate surface area is 122 Å². The molecule has 0 spiro atoms. The molecule has 0 heterocycles. The molecule has 2 atom stereocenters. The van der Waals surface area contributed by atoms with Crippen LogP contribution in [0.3, 0.4) is 0 Å². The van der Waals surface area contributed by atoms with Crippen molar-refractivity contribution in [2.24, 2.45) is 17.4 Å². The van der Waals surface area contributed by atoms with Crippen LogP contribution in [0.2, 0.25) is 0 Å². The molecule has 0 aliphatic heterocycles. The van der Waals surface area contributed by atoms with E-state index in [9.17, 15) is 4.79 Å². The molecule has 5 heteroatoms. The number of anilines is 1. The van der Waals surface area contributed by atoms with Crippen LogP contribution in [0.25, 0.3) is 0 Å². The van der Waals surface area contributed by atoms with Gasteiger partial charge in [-0.25, -0.2) is 0 Å². The minimum absolute atomic E-state index is 0.393. The zero-order valence-electron chi connectivity index (χ0n) is 11.1. The van der Waals surface area contributed by atoms with Gasteiger partial charge < -0.3 is 16.4 Å². The summed E-state index contributed by atoms with van der Waals surface area (Å²) in [5.74, 6) is 0.0971. The third-order valence-electron chi connectivity index (χ3n) is 4.02. The molecule has 1 aliphatic carbocycles. The lowest BCUT2D eigenvalue weighted by atomic mass is 10.0. The number of rotatable bonds is 4. The fraction of sp³-hybridized carbons (Fsp3) is 0.500. The van der Waals surface area contributed by atoms with E-state index in [1.807, 2.05) is 19.2 Å². The van der Waals surface area contributed by atoms with E-state index in [4.69, 9.17) is 11.5 Å². The van der Waals surface area contributed by atoms with Crippen molar-refractivity contribution in [2.75, 3.05) is 18.5 Å². The predicted molar refractivity (Wildman–Crippen MR) is 81.2 cm³/mol. The van der Waals surface area contributed by atoms with Gasteiger partial charge in [-0.15, -0.1) is 0 Å². The standard InChI is InChI=1S/C14H20BrN3O/c1-18(12-4-2-3-9(12)8-16)13-6-5-10(15)7-11(13)14(17)19/h5-7,9,12H,2-4,8,16H2,1H3,(H2,17,19). The molecule has 2 rings (SSSR count). The van der Waals surface area contributed by atoms with Gasteiger partial charge in [0.15, 0.2) is 0 Å². The first-order chi connectivity index (χ1) is 9.04. The van der Waals surface area contributed by atoms with Gasteiger partial charge in [0, 0.05) is 23.2 Å². The maximum absolute atomic E-state index is 11.6. The van der Waals surface area contributed by atoms with E-state index in [0.717, 1.165) is 23.0 Å². The summed E-state index contributed by atoms with van der Waals surface area (Å²) in [4.78, 5) is 13.8. The number of amides is 1. The summed E-state index contributed by atoms with van der Waals surface area (Å²) in [6.07, 6.45) is 3.47. The molecule has 1 aromatic carbocycles. The molecule has 1 aromatic rings. The summed E-state index contributed by atoms with van der Waals surface area (Å²) in [6.45, 7) is 0.692. The second-order valence-corrected chi connectivity index (χ2v) is 6.05. The summed E-state index contributed by atoms with van der Waals surface area (Å²) >= 11 is 3.38. The topological polar surface area (TPSA) is 72.3 Å². The van der Waals surface area contributed by atoms with Gasteiger partial charge in [0.25, 0.3) is 5.91 Å². The van der Waals surface area contributed by atoms with Crippen LogP contribution in [0, 0.1) is 5.92 Å². The number of benzene rings is 1. The molecule has 1 saturated carbocycles. The third kappa shape index (κ3) is 2.92. The number of primary amides is 1. The Morgan fingerprint density at radius 2 is 2.21 bits per heavy atom. The minimum atomic E-state index is -0.398. The molecule has 1 fully saturated rings. The Bertz CT molecular complexity index is 478. The smallest absolute Gasteiger partial charge is 0.250 e. The van der Waals surface area contributed by atoms with E-state index >= 15 is 0 Å². The van der Waals surface area contributed by atoms with Gasteiger partial charge in [-0.2, -0.15) is 0 Å². The Kier molecular flexibility index (Phi) is 4.47. The molecule has 19 heavy (non-hydrogen) atoms. The van der Waals surface area contributed by atoms with E-state index in [1.54, 1.807) is 6.07 Å². The van der Waals surface area contributed by atoms with Gasteiger partial charge in [-0.05, 0) is 43.5 Å². The average Bonchev–Trinajstić information content (AvgIpc) is 2.86. The summed E-state index contributed by atoms with van der Waals surface area (Å²) in [6, 6.07) is 6.05. The fourth-order valence-corrected chi connectivity index (χ4v) is 3.35. The van der Waals surface area contributed by atoms with Crippen molar-refractivity contribution in [1.82, 2.24) is 0 Å². The Morgan fingerprint density at radius 3 is 2.84 bits per heavy atom. The molecular formula is C14H20BrN3O. The van der Waals surface area contributed by atoms with E-state index in [-0.39, 0.29) is 0 Å². The number of hydrogen-bond donors (Lipinski definition) is 2. The normalized spacial score (nSPS) is 22.5. The molecule has 0 saturated heterocycles. The second kappa shape index (κ2) is 5.92. The monoisotopic (exact) mass is 325 g/mol. The molecular weight excluding hydrogens is 306 g/mol. The summed E-state index contributed by atoms with van der Waals surface area (Å²) in [7, 11) is 2.02. The van der Waals surface area contributed by atoms with Crippen LogP contribution in [-0.2, 0) is 0 Å². The van der Waals surface area contributed by atoms with Crippen molar-refractivity contribution in [3.63, 3.8) is 0 Å². The zero-order chi connectivity index (χ0) is 14.0. The van der Waals surface area contributed by atoms with Gasteiger partial charge in [-0.1, -0.05) is 22.4 Å². The zero-order valence-corrected chi connectivity index (χ0v) is 12.7. The maximum atomic E-state index is 11.6. The minimum Gasteiger partial charge on any atom is -0.371 e. The van der Waals surface area contributed by atoms with Gasteiger partial charge >= 0.3 is 0 Å². The van der Waals surface area contributed by atoms with Gasteiger partial charge in [-0.3, -0.25) is 4.79 Å². The van der Waals surface area contributed by atoms with E-state index in [1.165, 1.54) is 6.42 Å². The van der Waals surface area contributed by atoms with Crippen molar-refractivity contribution >= 4 is 27.5 Å². The van der Waals surface area contributed by atoms with Crippen LogP contribution >= 0.6 is 15.9 Å². The molecule has 0 aromatic heterocycles. The number of hydrogen-bond acceptors (Lipinski definition) is 3. The maximum Gasteiger partial charge on any atom is 0.250 e. The number of carbonyl (C=O) groups is 1. The van der Waals surface area contributed by atoms with E-state index in [0.29, 0.717) is 24.1 Å². The predicted octanol–water partition coefficient (Wildman–Crippen LogP) is 2.11. The highest BCUT2D eigenvalue weighted by Gasteiger charge is 2.30. The Morgan fingerprint density at radius 1 is 1.47 bits per heavy atom. The Balaban J connectivity index is 2.33. The van der Waals surface area contributed by atoms with E-state index < -0.39 is 5.91 Å². The molecule has 1 aliphatic rings. The van der Waals surface area contributed by atoms with Crippen LogP contribution in [0.1, 0.15) is 29.6 Å². The fourth-order valence-electron chi connectivity index (χ4n) is 2.99. The molecule has 1 amide bonds. The molecule has 0 bridgehead atoms. The van der Waals surface area contributed by atoms with Crippen molar-refractivity contribution < 1.29 is 4.79 Å². The lowest BCUT2D eigenvalue weighted by Gasteiger charge is -2.32. The highest BCUT2D eigenvalue weighted by Crippen LogP contribution is 2.33. The lowest BCUT2D eigenvalue weighted by Crippen LogP contribution is -2.38. The highest BCUT2D eigenvalue weighted by molar-refractivity contribution is 9.10. The van der Waals surface area contributed by atoms with Crippen LogP contribution in [-0.4, -0.2) is 25.5 Å². The third-order valence-corrected chi connectivity index (χ3v) is 4.52. The Hall–Kier alpha value is -1.07. The first kappa shape index (κ1) is 14.3. The van der Waals surface area contributed by atoms with Crippen molar-refractivity contribution in [2.45, 2.75) is 25.3 Å². The van der Waals surface area contributed by atoms with Crippen LogP contribution < -0.4 is 16.4 Å². The van der Waals surface area contributed by atoms with Crippen molar-refractivity contribution in [1.29, 1.82) is 0 Å². The van der Waals surface area contributed by atoms with Gasteiger partial charge in [0.1, 0.15) is 0 Å². The van der Waals surface area contributed by atoms with Gasteiger partial charge in [0.05, 0.1) is 5.56 Å². The average molecular weight is 326 g/mol. The number of nitrogens with zero attached hydrogens (tertiary/aromatic N) is 1. The summed E-state index contributed by atoms with van der Waals surface area (Å²) in [5, 5.41) is 0. The SMILES string of the molecule is CN(c1ccc(Br)cc1C(N)=O)C1CCCC1CN. The van der Waals surface area contributed by atoms with Crippen molar-refractivity contribution in [3.8, 4) is 0 Å². The second-order valence-electron chi connectivity index (χ2n) is 5.13. The number of carbonyl (C=O) groups excluding carboxylic acids is 1. The first-order valence-electron chi connectivity index (χ1n) is 6.57. The van der Waals surface area contributed by atoms with Gasteiger partial charge in [0.2, 0.25) is 0 Å². The molecule has 4 N–H and O–H groups in total. The van der Waals surface area contributed by atoms with Crippen LogP contribution in [0.15, 0.2) is 22.7 Å².